The lowest BCUT2D eigenvalue weighted by Gasteiger charge is -2.19. The van der Waals surface area contributed by atoms with Crippen molar-refractivity contribution in [3.63, 3.8) is 0 Å². The van der Waals surface area contributed by atoms with Gasteiger partial charge in [0.25, 0.3) is 0 Å². The first-order valence-corrected chi connectivity index (χ1v) is 9.65. The molecule has 1 atom stereocenters. The van der Waals surface area contributed by atoms with E-state index in [0.29, 0.717) is 11.3 Å². The van der Waals surface area contributed by atoms with Gasteiger partial charge in [0.15, 0.2) is 6.04 Å². The SMILES string of the molecule is CCOc1cc(OS(=O)(=O)C(F)(F)F)cc(C(Nc2ccc(C#N)cc2)C(=O)O)c1. The molecule has 30 heavy (non-hydrogen) atoms. The lowest BCUT2D eigenvalue weighted by atomic mass is 10.1. The molecule has 160 valence electrons. The fourth-order valence-electron chi connectivity index (χ4n) is 2.33. The molecule has 2 aromatic carbocycles. The van der Waals surface area contributed by atoms with Crippen molar-refractivity contribution in [2.24, 2.45) is 0 Å². The first-order valence-electron chi connectivity index (χ1n) is 8.25. The molecular formula is C18H15F3N2O6S. The van der Waals surface area contributed by atoms with Crippen LogP contribution in [0, 0.1) is 11.3 Å². The van der Waals surface area contributed by atoms with Crippen molar-refractivity contribution in [1.82, 2.24) is 0 Å². The summed E-state index contributed by atoms with van der Waals surface area (Å²) in [5.41, 5.74) is -5.15. The summed E-state index contributed by atoms with van der Waals surface area (Å²) in [7, 11) is -5.97. The van der Waals surface area contributed by atoms with Crippen LogP contribution in [0.4, 0.5) is 18.9 Å². The lowest BCUT2D eigenvalue weighted by Crippen LogP contribution is -2.28. The number of carboxylic acid groups (broad SMARTS) is 1. The van der Waals surface area contributed by atoms with Crippen LogP contribution in [0.1, 0.15) is 24.1 Å². The molecule has 0 radical (unpaired) electrons. The molecule has 1 unspecified atom stereocenters. The van der Waals surface area contributed by atoms with Gasteiger partial charge in [0.2, 0.25) is 0 Å². The second-order valence-electron chi connectivity index (χ2n) is 5.76. The number of halogens is 3. The summed E-state index contributed by atoms with van der Waals surface area (Å²) in [6.45, 7) is 1.65. The Kier molecular flexibility index (Phi) is 6.78. The monoisotopic (exact) mass is 444 g/mol. The van der Waals surface area contributed by atoms with Crippen LogP contribution < -0.4 is 14.2 Å². The minimum atomic E-state index is -5.97. The number of ether oxygens (including phenoxy) is 1. The van der Waals surface area contributed by atoms with Crippen molar-refractivity contribution in [3.8, 4) is 17.6 Å². The molecule has 0 aliphatic rings. The van der Waals surface area contributed by atoms with Gasteiger partial charge in [-0.15, -0.1) is 0 Å². The molecule has 12 heteroatoms. The van der Waals surface area contributed by atoms with Gasteiger partial charge in [-0.05, 0) is 48.9 Å². The fraction of sp³-hybridized carbons (Fsp3) is 0.222. The third kappa shape index (κ3) is 5.54. The Bertz CT molecular complexity index is 1060. The van der Waals surface area contributed by atoms with E-state index in [4.69, 9.17) is 10.00 Å². The number of nitrogens with one attached hydrogen (secondary N) is 1. The molecular weight excluding hydrogens is 429 g/mol. The topological polar surface area (TPSA) is 126 Å². The number of benzene rings is 2. The van der Waals surface area contributed by atoms with Crippen LogP contribution >= 0.6 is 0 Å². The predicted molar refractivity (Wildman–Crippen MR) is 98.4 cm³/mol. The van der Waals surface area contributed by atoms with Gasteiger partial charge in [-0.25, -0.2) is 4.79 Å². The number of rotatable bonds is 8. The molecule has 0 aromatic heterocycles. The van der Waals surface area contributed by atoms with Crippen LogP contribution in [0.15, 0.2) is 42.5 Å². The molecule has 0 spiro atoms. The zero-order valence-corrected chi connectivity index (χ0v) is 16.1. The van der Waals surface area contributed by atoms with E-state index in [1.807, 2.05) is 6.07 Å². The largest absolute Gasteiger partial charge is 0.534 e. The highest BCUT2D eigenvalue weighted by Gasteiger charge is 2.48. The second kappa shape index (κ2) is 8.91. The summed E-state index contributed by atoms with van der Waals surface area (Å²) in [5.74, 6) is -2.26. The first-order chi connectivity index (χ1) is 14.0. The molecule has 2 aromatic rings. The van der Waals surface area contributed by atoms with Gasteiger partial charge in [-0.1, -0.05) is 0 Å². The average molecular weight is 444 g/mol. The van der Waals surface area contributed by atoms with Crippen molar-refractivity contribution < 1.29 is 40.4 Å². The summed E-state index contributed by atoms with van der Waals surface area (Å²) in [6.07, 6.45) is 0. The van der Waals surface area contributed by atoms with E-state index in [2.05, 4.69) is 9.50 Å². The third-order valence-electron chi connectivity index (χ3n) is 3.61. The van der Waals surface area contributed by atoms with Crippen LogP contribution in [0.5, 0.6) is 11.5 Å². The number of alkyl halides is 3. The smallest absolute Gasteiger partial charge is 0.494 e. The Morgan fingerprint density at radius 1 is 1.20 bits per heavy atom. The minimum absolute atomic E-state index is 0.0791. The lowest BCUT2D eigenvalue weighted by molar-refractivity contribution is -0.138. The third-order valence-corrected chi connectivity index (χ3v) is 4.59. The maximum absolute atomic E-state index is 12.6. The maximum Gasteiger partial charge on any atom is 0.534 e. The van der Waals surface area contributed by atoms with E-state index in [-0.39, 0.29) is 17.9 Å². The summed E-state index contributed by atoms with van der Waals surface area (Å²) in [4.78, 5) is 11.8. The maximum atomic E-state index is 12.6. The van der Waals surface area contributed by atoms with E-state index < -0.39 is 33.4 Å². The summed E-state index contributed by atoms with van der Waals surface area (Å²) < 4.78 is 69.8. The van der Waals surface area contributed by atoms with Crippen molar-refractivity contribution in [2.45, 2.75) is 18.5 Å². The molecule has 0 amide bonds. The molecule has 0 saturated heterocycles. The number of aliphatic carboxylic acids is 1. The number of nitrogens with zero attached hydrogens (tertiary/aromatic N) is 1. The standard InChI is InChI=1S/C18H15F3N2O6S/c1-2-28-14-7-12(8-15(9-14)29-30(26,27)18(19,20)21)16(17(24)25)23-13-5-3-11(10-22)4-6-13/h3-9,16,23H,2H2,1H3,(H,24,25). The van der Waals surface area contributed by atoms with Crippen LogP contribution in [0.3, 0.4) is 0 Å². The average Bonchev–Trinajstić information content (AvgIpc) is 2.65. The molecule has 2 rings (SSSR count). The number of carboxylic acids is 1. The Balaban J connectivity index is 2.45. The van der Waals surface area contributed by atoms with Gasteiger partial charge in [0, 0.05) is 11.8 Å². The van der Waals surface area contributed by atoms with Gasteiger partial charge in [0.05, 0.1) is 18.2 Å². The molecule has 0 fully saturated rings. The van der Waals surface area contributed by atoms with Gasteiger partial charge in [-0.3, -0.25) is 0 Å². The van der Waals surface area contributed by atoms with Gasteiger partial charge < -0.3 is 19.3 Å². The minimum Gasteiger partial charge on any atom is -0.494 e. The highest BCUT2D eigenvalue weighted by molar-refractivity contribution is 7.88. The first kappa shape index (κ1) is 22.8. The Morgan fingerprint density at radius 2 is 1.80 bits per heavy atom. The Morgan fingerprint density at radius 3 is 2.30 bits per heavy atom. The highest BCUT2D eigenvalue weighted by atomic mass is 32.2. The normalized spacial score (nSPS) is 12.5. The van der Waals surface area contributed by atoms with Crippen molar-refractivity contribution in [3.05, 3.63) is 53.6 Å². The Labute approximate surface area is 169 Å². The van der Waals surface area contributed by atoms with Crippen LogP contribution in [0.25, 0.3) is 0 Å². The zero-order valence-electron chi connectivity index (χ0n) is 15.3. The summed E-state index contributed by atoms with van der Waals surface area (Å²) in [6, 6.07) is 9.12. The molecule has 0 aliphatic carbocycles. The van der Waals surface area contributed by atoms with E-state index in [0.717, 1.165) is 12.1 Å². The highest BCUT2D eigenvalue weighted by Crippen LogP contribution is 2.33. The van der Waals surface area contributed by atoms with Crippen molar-refractivity contribution in [2.75, 3.05) is 11.9 Å². The number of anilines is 1. The van der Waals surface area contributed by atoms with Gasteiger partial charge >= 0.3 is 21.6 Å². The fourth-order valence-corrected chi connectivity index (χ4v) is 2.77. The quantitative estimate of drug-likeness (QED) is 0.469. The molecule has 8 nitrogen and oxygen atoms in total. The van der Waals surface area contributed by atoms with Gasteiger partial charge in [0.1, 0.15) is 11.5 Å². The number of carbonyl (C=O) groups is 1. The van der Waals surface area contributed by atoms with E-state index in [1.165, 1.54) is 30.3 Å². The summed E-state index contributed by atoms with van der Waals surface area (Å²) in [5, 5.41) is 21.0. The van der Waals surface area contributed by atoms with Crippen LogP contribution in [-0.2, 0) is 14.9 Å². The predicted octanol–water partition coefficient (Wildman–Crippen LogP) is 3.42. The number of hydrogen-bond donors (Lipinski definition) is 2. The molecule has 0 bridgehead atoms. The van der Waals surface area contributed by atoms with Crippen molar-refractivity contribution in [1.29, 1.82) is 5.26 Å². The van der Waals surface area contributed by atoms with E-state index in [9.17, 15) is 31.5 Å². The van der Waals surface area contributed by atoms with E-state index in [1.54, 1.807) is 6.92 Å². The van der Waals surface area contributed by atoms with Crippen LogP contribution in [-0.4, -0.2) is 31.6 Å². The second-order valence-corrected chi connectivity index (χ2v) is 7.30. The number of nitriles is 1. The van der Waals surface area contributed by atoms with Gasteiger partial charge in [-0.2, -0.15) is 26.9 Å². The zero-order chi connectivity index (χ0) is 22.5. The summed E-state index contributed by atoms with van der Waals surface area (Å²) >= 11 is 0. The number of hydrogen-bond acceptors (Lipinski definition) is 7. The molecule has 2 N–H and O–H groups in total. The molecule has 0 aliphatic heterocycles. The molecule has 0 saturated carbocycles. The van der Waals surface area contributed by atoms with E-state index >= 15 is 0 Å². The Hall–Kier alpha value is -3.46. The molecule has 0 heterocycles. The van der Waals surface area contributed by atoms with Crippen molar-refractivity contribution >= 4 is 21.8 Å². The van der Waals surface area contributed by atoms with Crippen LogP contribution in [0.2, 0.25) is 0 Å².